The van der Waals surface area contributed by atoms with Crippen molar-refractivity contribution in [2.75, 3.05) is 0 Å². The number of esters is 1. The van der Waals surface area contributed by atoms with Crippen molar-refractivity contribution in [3.05, 3.63) is 22.8 Å². The molecule has 2 unspecified atom stereocenters. The van der Waals surface area contributed by atoms with Crippen LogP contribution >= 0.6 is 0 Å². The molecule has 2 aromatic rings. The summed E-state index contributed by atoms with van der Waals surface area (Å²) in [6.07, 6.45) is 8.77. The summed E-state index contributed by atoms with van der Waals surface area (Å²) in [4.78, 5) is 12.3. The Labute approximate surface area is 155 Å². The van der Waals surface area contributed by atoms with Gasteiger partial charge in [-0.1, -0.05) is 20.3 Å². The van der Waals surface area contributed by atoms with Crippen LogP contribution in [0.2, 0.25) is 0 Å². The van der Waals surface area contributed by atoms with Crippen molar-refractivity contribution in [3.8, 4) is 0 Å². The molecule has 3 heterocycles. The lowest BCUT2D eigenvalue weighted by molar-refractivity contribution is -0.157. The normalized spacial score (nSPS) is 24.4. The maximum atomic E-state index is 12.3. The molecule has 1 saturated carbocycles. The van der Waals surface area contributed by atoms with Crippen LogP contribution in [0.15, 0.2) is 10.5 Å². The minimum atomic E-state index is -0.242. The van der Waals surface area contributed by atoms with Gasteiger partial charge in [0.2, 0.25) is 0 Å². The number of ether oxygens (including phenoxy) is 2. The standard InChI is InChI=1S/C22H30O4/c1-4-8-16-19-17-13-14(21(25-17)20(19)15(5-2)24-16)9-10-18(23)26-22(3)11-6-7-12-22/h13,15-16H,4-12H2,1-3H3. The average Bonchev–Trinajstić information content (AvgIpc) is 3.35. The van der Waals surface area contributed by atoms with Crippen LogP contribution < -0.4 is 0 Å². The van der Waals surface area contributed by atoms with Gasteiger partial charge in [0, 0.05) is 17.5 Å². The second-order valence-corrected chi connectivity index (χ2v) is 8.23. The van der Waals surface area contributed by atoms with Gasteiger partial charge in [0.1, 0.15) is 16.8 Å². The van der Waals surface area contributed by atoms with Gasteiger partial charge in [-0.3, -0.25) is 4.79 Å². The minimum absolute atomic E-state index is 0.0866. The number of benzene rings is 1. The van der Waals surface area contributed by atoms with Crippen molar-refractivity contribution in [3.63, 3.8) is 0 Å². The van der Waals surface area contributed by atoms with Crippen molar-refractivity contribution >= 4 is 17.1 Å². The second-order valence-electron chi connectivity index (χ2n) is 8.23. The average molecular weight is 358 g/mol. The number of carbonyl (C=O) groups excluding carboxylic acids is 1. The predicted octanol–water partition coefficient (Wildman–Crippen LogP) is 6.00. The first-order valence-corrected chi connectivity index (χ1v) is 10.3. The molecule has 1 aliphatic heterocycles. The maximum Gasteiger partial charge on any atom is 0.306 e. The summed E-state index contributed by atoms with van der Waals surface area (Å²) >= 11 is 0. The largest absolute Gasteiger partial charge is 0.459 e. The number of aryl methyl sites for hydroxylation is 1. The Balaban J connectivity index is 1.47. The number of fused-ring (bicyclic) bond motifs is 5. The van der Waals surface area contributed by atoms with Gasteiger partial charge in [-0.25, -0.2) is 0 Å². The first-order chi connectivity index (χ1) is 12.5. The summed E-state index contributed by atoms with van der Waals surface area (Å²) in [6, 6.07) is 2.11. The molecule has 1 fully saturated rings. The Hall–Kier alpha value is -1.55. The van der Waals surface area contributed by atoms with Crippen LogP contribution in [0.4, 0.5) is 0 Å². The third kappa shape index (κ3) is 3.02. The van der Waals surface area contributed by atoms with Crippen molar-refractivity contribution in [1.29, 1.82) is 0 Å². The summed E-state index contributed by atoms with van der Waals surface area (Å²) in [5.74, 6) is -0.0866. The highest BCUT2D eigenvalue weighted by atomic mass is 16.6. The molecule has 0 N–H and O–H groups in total. The van der Waals surface area contributed by atoms with E-state index in [2.05, 4.69) is 26.8 Å². The van der Waals surface area contributed by atoms with Crippen molar-refractivity contribution in [2.45, 2.75) is 96.4 Å². The molecule has 2 atom stereocenters. The van der Waals surface area contributed by atoms with Crippen molar-refractivity contribution < 1.29 is 18.7 Å². The van der Waals surface area contributed by atoms with Gasteiger partial charge in [-0.2, -0.15) is 0 Å². The Morgan fingerprint density at radius 2 is 2.00 bits per heavy atom. The molecule has 2 bridgehead atoms. The van der Waals surface area contributed by atoms with Gasteiger partial charge < -0.3 is 13.9 Å². The molecule has 26 heavy (non-hydrogen) atoms. The number of furan rings is 2. The summed E-state index contributed by atoms with van der Waals surface area (Å²) in [6.45, 7) is 6.41. The van der Waals surface area contributed by atoms with Gasteiger partial charge in [0.15, 0.2) is 0 Å². The van der Waals surface area contributed by atoms with E-state index in [0.29, 0.717) is 12.8 Å². The summed E-state index contributed by atoms with van der Waals surface area (Å²) < 4.78 is 18.1. The van der Waals surface area contributed by atoms with E-state index < -0.39 is 0 Å². The first-order valence-electron chi connectivity index (χ1n) is 10.3. The second kappa shape index (κ2) is 6.88. The van der Waals surface area contributed by atoms with E-state index in [1.54, 1.807) is 0 Å². The summed E-state index contributed by atoms with van der Waals surface area (Å²) in [5.41, 5.74) is 5.31. The van der Waals surface area contributed by atoms with E-state index in [1.165, 1.54) is 11.1 Å². The zero-order valence-corrected chi connectivity index (χ0v) is 16.2. The third-order valence-electron chi connectivity index (χ3n) is 6.12. The van der Waals surface area contributed by atoms with Crippen LogP contribution in [0, 0.1) is 0 Å². The third-order valence-corrected chi connectivity index (χ3v) is 6.12. The topological polar surface area (TPSA) is 48.7 Å². The molecule has 1 aliphatic carbocycles. The molecule has 0 amide bonds. The van der Waals surface area contributed by atoms with Gasteiger partial charge in [0.25, 0.3) is 0 Å². The van der Waals surface area contributed by atoms with Crippen molar-refractivity contribution in [1.82, 2.24) is 0 Å². The fourth-order valence-electron chi connectivity index (χ4n) is 4.78. The Morgan fingerprint density at radius 1 is 1.23 bits per heavy atom. The number of hydrogen-bond donors (Lipinski definition) is 0. The lowest BCUT2D eigenvalue weighted by Gasteiger charge is -2.24. The molecule has 0 radical (unpaired) electrons. The monoisotopic (exact) mass is 358 g/mol. The van der Waals surface area contributed by atoms with E-state index in [0.717, 1.165) is 61.7 Å². The molecule has 0 spiro atoms. The fourth-order valence-corrected chi connectivity index (χ4v) is 4.78. The lowest BCUT2D eigenvalue weighted by Crippen LogP contribution is -2.28. The van der Waals surface area contributed by atoms with Gasteiger partial charge in [-0.15, -0.1) is 0 Å². The Morgan fingerprint density at radius 3 is 2.69 bits per heavy atom. The van der Waals surface area contributed by atoms with Crippen LogP contribution in [0.5, 0.6) is 0 Å². The SMILES string of the molecule is CCCC1OC(CC)c2c1c1cc(CCC(=O)OC3(C)CCCC3)c2o1. The molecule has 4 nitrogen and oxygen atoms in total. The van der Waals surface area contributed by atoms with Crippen molar-refractivity contribution in [2.24, 2.45) is 0 Å². The van der Waals surface area contributed by atoms with E-state index >= 15 is 0 Å². The summed E-state index contributed by atoms with van der Waals surface area (Å²) in [5, 5.41) is 0. The van der Waals surface area contributed by atoms with Crippen LogP contribution in [0.25, 0.3) is 11.2 Å². The van der Waals surface area contributed by atoms with E-state index in [-0.39, 0.29) is 23.8 Å². The van der Waals surface area contributed by atoms with Crippen LogP contribution in [0.3, 0.4) is 0 Å². The molecular weight excluding hydrogens is 328 g/mol. The van der Waals surface area contributed by atoms with E-state index in [9.17, 15) is 4.79 Å². The Bertz CT molecular complexity index is 768. The lowest BCUT2D eigenvalue weighted by atomic mass is 9.95. The molecule has 0 saturated heterocycles. The summed E-state index contributed by atoms with van der Waals surface area (Å²) in [7, 11) is 0. The molecule has 4 rings (SSSR count). The van der Waals surface area contributed by atoms with Crippen LogP contribution in [-0.4, -0.2) is 11.6 Å². The van der Waals surface area contributed by atoms with Gasteiger partial charge in [0.05, 0.1) is 12.2 Å². The molecular formula is C22H30O4. The zero-order chi connectivity index (χ0) is 18.3. The van der Waals surface area contributed by atoms with E-state index in [1.807, 2.05) is 0 Å². The molecule has 2 aliphatic rings. The number of carbonyl (C=O) groups is 1. The van der Waals surface area contributed by atoms with E-state index in [4.69, 9.17) is 13.9 Å². The highest BCUT2D eigenvalue weighted by Gasteiger charge is 2.38. The van der Waals surface area contributed by atoms with Crippen LogP contribution in [0.1, 0.15) is 101 Å². The van der Waals surface area contributed by atoms with Gasteiger partial charge >= 0.3 is 5.97 Å². The van der Waals surface area contributed by atoms with Crippen LogP contribution in [-0.2, 0) is 20.7 Å². The highest BCUT2D eigenvalue weighted by molar-refractivity contribution is 5.79. The quantitative estimate of drug-likeness (QED) is 0.569. The minimum Gasteiger partial charge on any atom is -0.459 e. The van der Waals surface area contributed by atoms with Gasteiger partial charge in [-0.05, 0) is 63.5 Å². The first kappa shape index (κ1) is 17.8. The fraction of sp³-hybridized carbons (Fsp3) is 0.682. The smallest absolute Gasteiger partial charge is 0.306 e. The maximum absolute atomic E-state index is 12.3. The zero-order valence-electron chi connectivity index (χ0n) is 16.2. The Kier molecular flexibility index (Phi) is 4.72. The predicted molar refractivity (Wildman–Crippen MR) is 100 cm³/mol. The molecule has 142 valence electrons. The number of rotatable bonds is 7. The number of hydrogen-bond acceptors (Lipinski definition) is 4. The molecule has 4 heteroatoms. The molecule has 2 aromatic heterocycles. The molecule has 0 aromatic carbocycles. The highest BCUT2D eigenvalue weighted by Crippen LogP contribution is 2.51.